The summed E-state index contributed by atoms with van der Waals surface area (Å²) in [4.78, 5) is 13.5. The van der Waals surface area contributed by atoms with Gasteiger partial charge in [0.05, 0.1) is 24.7 Å². The molecule has 3 aromatic rings. The summed E-state index contributed by atoms with van der Waals surface area (Å²) < 4.78 is 25.9. The van der Waals surface area contributed by atoms with E-state index in [4.69, 9.17) is 11.6 Å². The Labute approximate surface area is 197 Å². The monoisotopic (exact) mass is 487 g/mol. The van der Waals surface area contributed by atoms with Crippen molar-refractivity contribution in [2.75, 3.05) is 16.8 Å². The molecule has 0 fully saturated rings. The highest BCUT2D eigenvalue weighted by Gasteiger charge is 2.18. The molecular formula is C23H22ClN3O3S2. The Hall–Kier alpha value is -2.81. The first kappa shape index (κ1) is 23.8. The highest BCUT2D eigenvalue weighted by atomic mass is 35.5. The van der Waals surface area contributed by atoms with Gasteiger partial charge < -0.3 is 0 Å². The maximum absolute atomic E-state index is 12.4. The number of carbonyl (C=O) groups excluding carboxylic acids is 1. The van der Waals surface area contributed by atoms with Crippen LogP contribution in [0.5, 0.6) is 0 Å². The lowest BCUT2D eigenvalue weighted by molar-refractivity contribution is 0.0955. The van der Waals surface area contributed by atoms with Crippen LogP contribution in [0.4, 0.5) is 5.69 Å². The van der Waals surface area contributed by atoms with Crippen molar-refractivity contribution < 1.29 is 13.2 Å². The molecule has 0 aliphatic heterocycles. The molecule has 0 saturated heterocycles. The lowest BCUT2D eigenvalue weighted by Gasteiger charge is -2.22. The topological polar surface area (TPSA) is 78.8 Å². The number of hydrogen-bond donors (Lipinski definition) is 1. The van der Waals surface area contributed by atoms with Crippen molar-refractivity contribution in [3.63, 3.8) is 0 Å². The second kappa shape index (κ2) is 10.7. The number of sulfonamides is 1. The summed E-state index contributed by atoms with van der Waals surface area (Å²) >= 11 is 7.55. The lowest BCUT2D eigenvalue weighted by atomic mass is 10.2. The number of nitrogens with one attached hydrogen (secondary N) is 1. The van der Waals surface area contributed by atoms with E-state index in [1.54, 1.807) is 66.5 Å². The molecule has 0 spiro atoms. The van der Waals surface area contributed by atoms with E-state index in [1.807, 2.05) is 30.5 Å². The molecular weight excluding hydrogens is 466 g/mol. The van der Waals surface area contributed by atoms with Crippen LogP contribution in [0.2, 0.25) is 5.02 Å². The Morgan fingerprint density at radius 2 is 1.66 bits per heavy atom. The van der Waals surface area contributed by atoms with Gasteiger partial charge in [0.2, 0.25) is 10.0 Å². The predicted molar refractivity (Wildman–Crippen MR) is 132 cm³/mol. The number of amides is 1. The van der Waals surface area contributed by atoms with Gasteiger partial charge in [0.25, 0.3) is 5.91 Å². The van der Waals surface area contributed by atoms with E-state index >= 15 is 0 Å². The van der Waals surface area contributed by atoms with Gasteiger partial charge in [-0.15, -0.1) is 11.8 Å². The number of carbonyl (C=O) groups is 1. The summed E-state index contributed by atoms with van der Waals surface area (Å²) in [6.07, 6.45) is 4.71. The summed E-state index contributed by atoms with van der Waals surface area (Å²) in [5.41, 5.74) is 4.96. The molecule has 0 saturated carbocycles. The van der Waals surface area contributed by atoms with Crippen molar-refractivity contribution in [1.29, 1.82) is 0 Å². The van der Waals surface area contributed by atoms with Gasteiger partial charge >= 0.3 is 0 Å². The maximum atomic E-state index is 12.4. The lowest BCUT2D eigenvalue weighted by Crippen LogP contribution is -2.29. The normalized spacial score (nSPS) is 11.5. The molecule has 3 aromatic carbocycles. The molecule has 0 heterocycles. The number of halogens is 1. The van der Waals surface area contributed by atoms with Gasteiger partial charge in [-0.3, -0.25) is 9.10 Å². The molecule has 0 unspecified atom stereocenters. The largest absolute Gasteiger partial charge is 0.271 e. The van der Waals surface area contributed by atoms with Crippen LogP contribution < -0.4 is 9.73 Å². The molecule has 9 heteroatoms. The fraction of sp³-hybridized carbons (Fsp3) is 0.130. The van der Waals surface area contributed by atoms with Gasteiger partial charge in [0.15, 0.2) is 0 Å². The number of thioether (sulfide) groups is 1. The van der Waals surface area contributed by atoms with Crippen molar-refractivity contribution in [1.82, 2.24) is 5.43 Å². The number of hydrazone groups is 1. The minimum Gasteiger partial charge on any atom is -0.267 e. The highest BCUT2D eigenvalue weighted by Crippen LogP contribution is 2.22. The average Bonchev–Trinajstić information content (AvgIpc) is 2.78. The Bertz CT molecular complexity index is 1190. The summed E-state index contributed by atoms with van der Waals surface area (Å²) in [7, 11) is -3.53. The highest BCUT2D eigenvalue weighted by molar-refractivity contribution is 7.98. The molecule has 32 heavy (non-hydrogen) atoms. The third-order valence-electron chi connectivity index (χ3n) is 4.55. The van der Waals surface area contributed by atoms with E-state index in [1.165, 1.54) is 4.31 Å². The van der Waals surface area contributed by atoms with Gasteiger partial charge in [0.1, 0.15) is 0 Å². The first-order chi connectivity index (χ1) is 15.3. The number of benzene rings is 3. The molecule has 0 aliphatic rings. The zero-order chi connectivity index (χ0) is 23.1. The summed E-state index contributed by atoms with van der Waals surface area (Å²) in [6.45, 7) is 0.154. The molecule has 0 atom stereocenters. The second-order valence-corrected chi connectivity index (χ2v) is 10.1. The zero-order valence-corrected chi connectivity index (χ0v) is 19.9. The third kappa shape index (κ3) is 6.59. The van der Waals surface area contributed by atoms with E-state index in [2.05, 4.69) is 10.5 Å². The van der Waals surface area contributed by atoms with Gasteiger partial charge in [-0.25, -0.2) is 13.8 Å². The third-order valence-corrected chi connectivity index (χ3v) is 6.69. The molecule has 0 bridgehead atoms. The van der Waals surface area contributed by atoms with Crippen molar-refractivity contribution in [2.24, 2.45) is 5.10 Å². The number of hydrogen-bond acceptors (Lipinski definition) is 5. The Morgan fingerprint density at radius 1 is 1.03 bits per heavy atom. The van der Waals surface area contributed by atoms with Crippen molar-refractivity contribution >= 4 is 51.2 Å². The molecule has 6 nitrogen and oxygen atoms in total. The fourth-order valence-electron chi connectivity index (χ4n) is 2.85. The zero-order valence-electron chi connectivity index (χ0n) is 17.5. The molecule has 0 aliphatic carbocycles. The van der Waals surface area contributed by atoms with E-state index < -0.39 is 15.9 Å². The first-order valence-corrected chi connectivity index (χ1v) is 13.0. The Balaban J connectivity index is 1.69. The minimum absolute atomic E-state index is 0.154. The van der Waals surface area contributed by atoms with Gasteiger partial charge in [-0.1, -0.05) is 35.9 Å². The van der Waals surface area contributed by atoms with Crippen molar-refractivity contribution in [2.45, 2.75) is 11.4 Å². The van der Waals surface area contributed by atoms with Crippen molar-refractivity contribution in [3.8, 4) is 0 Å². The summed E-state index contributed by atoms with van der Waals surface area (Å²) in [5, 5.41) is 4.56. The van der Waals surface area contributed by atoms with Gasteiger partial charge in [-0.2, -0.15) is 5.10 Å². The smallest absolute Gasteiger partial charge is 0.267 e. The van der Waals surface area contributed by atoms with E-state index in [0.717, 1.165) is 22.3 Å². The maximum Gasteiger partial charge on any atom is 0.271 e. The first-order valence-electron chi connectivity index (χ1n) is 9.56. The molecule has 166 valence electrons. The molecule has 1 amide bonds. The summed E-state index contributed by atoms with van der Waals surface area (Å²) in [6, 6.07) is 21.1. The van der Waals surface area contributed by atoms with Crippen LogP contribution >= 0.6 is 23.4 Å². The van der Waals surface area contributed by atoms with Crippen LogP contribution in [0, 0.1) is 0 Å². The summed E-state index contributed by atoms with van der Waals surface area (Å²) in [5.74, 6) is -0.392. The van der Waals surface area contributed by atoms with Gasteiger partial charge in [-0.05, 0) is 65.9 Å². The van der Waals surface area contributed by atoms with E-state index in [-0.39, 0.29) is 6.54 Å². The van der Waals surface area contributed by atoms with Crippen LogP contribution in [-0.2, 0) is 16.6 Å². The SMILES string of the molecule is CSc1ccc(C=NNC(=O)c2ccc(N(Cc3ccc(Cl)cc3)S(C)(=O)=O)cc2)cc1. The molecule has 3 rings (SSSR count). The van der Waals surface area contributed by atoms with Crippen LogP contribution in [0.25, 0.3) is 0 Å². The Morgan fingerprint density at radius 3 is 2.22 bits per heavy atom. The van der Waals surface area contributed by atoms with E-state index in [9.17, 15) is 13.2 Å². The number of anilines is 1. The molecule has 0 radical (unpaired) electrons. The van der Waals surface area contributed by atoms with Crippen molar-refractivity contribution in [3.05, 3.63) is 94.5 Å². The van der Waals surface area contributed by atoms with Crippen LogP contribution in [0.1, 0.15) is 21.5 Å². The number of nitrogens with zero attached hydrogens (tertiary/aromatic N) is 2. The standard InChI is InChI=1S/C23H22ClN3O3S2/c1-31-22-13-5-17(6-14-22)15-25-26-23(28)19-7-11-21(12-8-19)27(32(2,29)30)16-18-3-9-20(24)10-4-18/h3-15H,16H2,1-2H3,(H,26,28). The second-order valence-electron chi connectivity index (χ2n) is 6.92. The van der Waals surface area contributed by atoms with Crippen LogP contribution in [-0.4, -0.2) is 33.1 Å². The quantitative estimate of drug-likeness (QED) is 0.281. The fourth-order valence-corrected chi connectivity index (χ4v) is 4.28. The van der Waals surface area contributed by atoms with E-state index in [0.29, 0.717) is 16.3 Å². The van der Waals surface area contributed by atoms with Crippen LogP contribution in [0.3, 0.4) is 0 Å². The van der Waals surface area contributed by atoms with Gasteiger partial charge in [0, 0.05) is 15.5 Å². The molecule has 1 N–H and O–H groups in total. The predicted octanol–water partition coefficient (Wildman–Crippen LogP) is 4.79. The van der Waals surface area contributed by atoms with Crippen LogP contribution in [0.15, 0.2) is 82.8 Å². The molecule has 0 aromatic heterocycles. The number of rotatable bonds is 8. The Kier molecular flexibility index (Phi) is 7.95. The minimum atomic E-state index is -3.53. The average molecular weight is 488 g/mol.